The van der Waals surface area contributed by atoms with Gasteiger partial charge in [-0.05, 0) is 30.2 Å². The van der Waals surface area contributed by atoms with Crippen molar-refractivity contribution in [3.63, 3.8) is 0 Å². The molecule has 0 atom stereocenters. The van der Waals surface area contributed by atoms with Crippen molar-refractivity contribution in [3.05, 3.63) is 33.3 Å². The predicted molar refractivity (Wildman–Crippen MR) is 53.3 cm³/mol. The molecule has 1 rings (SSSR count). The molecule has 0 aliphatic heterocycles. The lowest BCUT2D eigenvalue weighted by molar-refractivity contribution is 0.0997. The molecule has 1 amide bonds. The Hall–Kier alpha value is -0.870. The zero-order valence-electron chi connectivity index (χ0n) is 7.17. The van der Waals surface area contributed by atoms with Crippen LogP contribution in [0.2, 0.25) is 0 Å². The molecule has 0 spiro atoms. The standard InChI is InChI=1S/C9H10BrNO2/c1-5-7(4-12)6(9(11)13)2-3-8(5)10/h2-3,12H,4H2,1H3,(H2,11,13). The van der Waals surface area contributed by atoms with Gasteiger partial charge in [-0.15, -0.1) is 0 Å². The van der Waals surface area contributed by atoms with Gasteiger partial charge >= 0.3 is 0 Å². The predicted octanol–water partition coefficient (Wildman–Crippen LogP) is 1.35. The lowest BCUT2D eigenvalue weighted by atomic mass is 10.0. The number of carbonyl (C=O) groups excluding carboxylic acids is 1. The van der Waals surface area contributed by atoms with Crippen LogP contribution in [-0.2, 0) is 6.61 Å². The minimum Gasteiger partial charge on any atom is -0.392 e. The van der Waals surface area contributed by atoms with Crippen molar-refractivity contribution >= 4 is 21.8 Å². The van der Waals surface area contributed by atoms with Crippen molar-refractivity contribution in [2.24, 2.45) is 5.73 Å². The first-order valence-corrected chi connectivity index (χ1v) is 4.56. The second kappa shape index (κ2) is 3.89. The van der Waals surface area contributed by atoms with Gasteiger partial charge in [-0.1, -0.05) is 15.9 Å². The van der Waals surface area contributed by atoms with E-state index in [0.29, 0.717) is 11.1 Å². The van der Waals surface area contributed by atoms with Crippen LogP contribution in [0.1, 0.15) is 21.5 Å². The average Bonchev–Trinajstić information content (AvgIpc) is 2.09. The lowest BCUT2D eigenvalue weighted by Crippen LogP contribution is -2.14. The third-order valence-corrected chi connectivity index (χ3v) is 2.82. The van der Waals surface area contributed by atoms with Crippen LogP contribution in [0.4, 0.5) is 0 Å². The number of nitrogens with two attached hydrogens (primary N) is 1. The largest absolute Gasteiger partial charge is 0.392 e. The van der Waals surface area contributed by atoms with E-state index < -0.39 is 5.91 Å². The number of amides is 1. The molecule has 13 heavy (non-hydrogen) atoms. The van der Waals surface area contributed by atoms with E-state index in [9.17, 15) is 4.79 Å². The number of aliphatic hydroxyl groups excluding tert-OH is 1. The van der Waals surface area contributed by atoms with E-state index in [4.69, 9.17) is 10.8 Å². The Labute approximate surface area is 84.7 Å². The maximum Gasteiger partial charge on any atom is 0.249 e. The second-order valence-electron chi connectivity index (χ2n) is 2.72. The topological polar surface area (TPSA) is 63.3 Å². The summed E-state index contributed by atoms with van der Waals surface area (Å²) in [6.07, 6.45) is 0. The van der Waals surface area contributed by atoms with Crippen molar-refractivity contribution in [1.82, 2.24) is 0 Å². The van der Waals surface area contributed by atoms with E-state index in [1.807, 2.05) is 6.92 Å². The molecule has 0 saturated heterocycles. The number of hydrogen-bond donors (Lipinski definition) is 2. The molecule has 0 bridgehead atoms. The zero-order chi connectivity index (χ0) is 10.0. The van der Waals surface area contributed by atoms with Crippen LogP contribution in [0.5, 0.6) is 0 Å². The summed E-state index contributed by atoms with van der Waals surface area (Å²) in [6.45, 7) is 1.64. The molecule has 0 unspecified atom stereocenters. The fraction of sp³-hybridized carbons (Fsp3) is 0.222. The van der Waals surface area contributed by atoms with Gasteiger partial charge in [0.25, 0.3) is 0 Å². The van der Waals surface area contributed by atoms with Gasteiger partial charge in [-0.3, -0.25) is 4.79 Å². The molecule has 0 saturated carbocycles. The quantitative estimate of drug-likeness (QED) is 0.824. The van der Waals surface area contributed by atoms with Gasteiger partial charge in [0.2, 0.25) is 5.91 Å². The number of primary amides is 1. The van der Waals surface area contributed by atoms with Crippen molar-refractivity contribution in [1.29, 1.82) is 0 Å². The molecule has 1 aromatic carbocycles. The lowest BCUT2D eigenvalue weighted by Gasteiger charge is -2.08. The van der Waals surface area contributed by atoms with E-state index in [1.54, 1.807) is 12.1 Å². The van der Waals surface area contributed by atoms with E-state index >= 15 is 0 Å². The Bertz CT molecular complexity index is 350. The molecule has 3 N–H and O–H groups in total. The summed E-state index contributed by atoms with van der Waals surface area (Å²) >= 11 is 3.31. The number of carbonyl (C=O) groups is 1. The summed E-state index contributed by atoms with van der Waals surface area (Å²) in [6, 6.07) is 3.35. The minimum absolute atomic E-state index is 0.177. The molecule has 0 heterocycles. The summed E-state index contributed by atoms with van der Waals surface area (Å²) in [4.78, 5) is 10.9. The molecule has 3 nitrogen and oxygen atoms in total. The summed E-state index contributed by atoms with van der Waals surface area (Å²) < 4.78 is 0.863. The molecule has 1 aromatic rings. The molecule has 70 valence electrons. The number of aliphatic hydroxyl groups is 1. The van der Waals surface area contributed by atoms with Gasteiger partial charge in [-0.2, -0.15) is 0 Å². The number of hydrogen-bond acceptors (Lipinski definition) is 2. The first kappa shape index (κ1) is 10.2. The highest BCUT2D eigenvalue weighted by atomic mass is 79.9. The molecule has 0 fully saturated rings. The summed E-state index contributed by atoms with van der Waals surface area (Å²) in [7, 11) is 0. The minimum atomic E-state index is -0.514. The van der Waals surface area contributed by atoms with Crippen LogP contribution < -0.4 is 5.73 Å². The van der Waals surface area contributed by atoms with Gasteiger partial charge in [-0.25, -0.2) is 0 Å². The molecule has 4 heteroatoms. The molecule has 0 aliphatic carbocycles. The van der Waals surface area contributed by atoms with E-state index in [0.717, 1.165) is 10.0 Å². The maximum atomic E-state index is 10.9. The second-order valence-corrected chi connectivity index (χ2v) is 3.58. The fourth-order valence-electron chi connectivity index (χ4n) is 1.16. The van der Waals surface area contributed by atoms with Gasteiger partial charge in [0.05, 0.1) is 6.61 Å². The van der Waals surface area contributed by atoms with E-state index in [2.05, 4.69) is 15.9 Å². The summed E-state index contributed by atoms with van der Waals surface area (Å²) in [5, 5.41) is 9.04. The molecule has 0 aromatic heterocycles. The molecule has 0 radical (unpaired) electrons. The van der Waals surface area contributed by atoms with Crippen molar-refractivity contribution in [3.8, 4) is 0 Å². The monoisotopic (exact) mass is 243 g/mol. The maximum absolute atomic E-state index is 10.9. The van der Waals surface area contributed by atoms with Crippen LogP contribution in [0.3, 0.4) is 0 Å². The Morgan fingerprint density at radius 3 is 2.69 bits per heavy atom. The Kier molecular flexibility index (Phi) is 3.06. The van der Waals surface area contributed by atoms with Gasteiger partial charge in [0.15, 0.2) is 0 Å². The summed E-state index contributed by atoms with van der Waals surface area (Å²) in [5.41, 5.74) is 6.95. The van der Waals surface area contributed by atoms with Crippen molar-refractivity contribution in [2.75, 3.05) is 0 Å². The van der Waals surface area contributed by atoms with Crippen LogP contribution in [0, 0.1) is 6.92 Å². The van der Waals surface area contributed by atoms with E-state index in [1.165, 1.54) is 0 Å². The molecular weight excluding hydrogens is 234 g/mol. The van der Waals surface area contributed by atoms with Crippen LogP contribution >= 0.6 is 15.9 Å². The Morgan fingerprint density at radius 1 is 1.62 bits per heavy atom. The highest BCUT2D eigenvalue weighted by Crippen LogP contribution is 2.22. The Morgan fingerprint density at radius 2 is 2.23 bits per heavy atom. The average molecular weight is 244 g/mol. The smallest absolute Gasteiger partial charge is 0.249 e. The zero-order valence-corrected chi connectivity index (χ0v) is 8.76. The molecule has 0 aliphatic rings. The third-order valence-electron chi connectivity index (χ3n) is 1.96. The highest BCUT2D eigenvalue weighted by molar-refractivity contribution is 9.10. The van der Waals surface area contributed by atoms with Crippen molar-refractivity contribution in [2.45, 2.75) is 13.5 Å². The van der Waals surface area contributed by atoms with Crippen LogP contribution in [0.15, 0.2) is 16.6 Å². The fourth-order valence-corrected chi connectivity index (χ4v) is 1.53. The van der Waals surface area contributed by atoms with Gasteiger partial charge in [0, 0.05) is 10.0 Å². The number of halogens is 1. The van der Waals surface area contributed by atoms with Crippen LogP contribution in [0.25, 0.3) is 0 Å². The summed E-state index contributed by atoms with van der Waals surface area (Å²) in [5.74, 6) is -0.514. The highest BCUT2D eigenvalue weighted by Gasteiger charge is 2.11. The SMILES string of the molecule is Cc1c(Br)ccc(C(N)=O)c1CO. The first-order valence-electron chi connectivity index (χ1n) is 3.76. The van der Waals surface area contributed by atoms with E-state index in [-0.39, 0.29) is 6.61 Å². The van der Waals surface area contributed by atoms with Gasteiger partial charge < -0.3 is 10.8 Å². The number of rotatable bonds is 2. The Balaban J connectivity index is 3.38. The molecular formula is C9H10BrNO2. The number of benzene rings is 1. The third kappa shape index (κ3) is 1.89. The van der Waals surface area contributed by atoms with Crippen molar-refractivity contribution < 1.29 is 9.90 Å². The first-order chi connectivity index (χ1) is 6.07. The van der Waals surface area contributed by atoms with Crippen LogP contribution in [-0.4, -0.2) is 11.0 Å². The normalized spacial score (nSPS) is 10.1. The van der Waals surface area contributed by atoms with Gasteiger partial charge in [0.1, 0.15) is 0 Å².